The Balaban J connectivity index is 1.53. The van der Waals surface area contributed by atoms with Crippen LogP contribution < -0.4 is 9.64 Å². The highest BCUT2D eigenvalue weighted by Crippen LogP contribution is 2.57. The van der Waals surface area contributed by atoms with Gasteiger partial charge in [0.2, 0.25) is 29.0 Å². The highest BCUT2D eigenvalue weighted by Gasteiger charge is 2.74. The van der Waals surface area contributed by atoms with Gasteiger partial charge < -0.3 is 9.47 Å². The molecule has 2 heterocycles. The van der Waals surface area contributed by atoms with Crippen molar-refractivity contribution >= 4 is 29.1 Å². The maximum Gasteiger partial charge on any atom is 0.241 e. The van der Waals surface area contributed by atoms with E-state index >= 15 is 0 Å². The van der Waals surface area contributed by atoms with Gasteiger partial charge in [0.1, 0.15) is 5.75 Å². The minimum atomic E-state index is -2.07. The lowest BCUT2D eigenvalue weighted by atomic mass is 9.77. The van der Waals surface area contributed by atoms with Gasteiger partial charge in [-0.3, -0.25) is 19.2 Å². The number of amides is 2. The number of nitrogens with zero attached hydrogens (tertiary/aromatic N) is 1. The van der Waals surface area contributed by atoms with E-state index in [4.69, 9.17) is 9.47 Å². The average molecular weight is 453 g/mol. The van der Waals surface area contributed by atoms with Crippen molar-refractivity contribution in [3.8, 4) is 5.75 Å². The first-order valence-corrected chi connectivity index (χ1v) is 10.9. The van der Waals surface area contributed by atoms with Gasteiger partial charge in [-0.05, 0) is 29.8 Å². The van der Waals surface area contributed by atoms with Crippen LogP contribution >= 0.6 is 0 Å². The van der Waals surface area contributed by atoms with Crippen LogP contribution in [0.2, 0.25) is 0 Å². The molecule has 0 saturated carbocycles. The molecule has 2 saturated heterocycles. The van der Waals surface area contributed by atoms with Crippen LogP contribution in [0.1, 0.15) is 32.4 Å². The van der Waals surface area contributed by atoms with E-state index in [-0.39, 0.29) is 11.1 Å². The molecule has 2 amide bonds. The number of benzene rings is 3. The first kappa shape index (κ1) is 20.5. The lowest BCUT2D eigenvalue weighted by Crippen LogP contribution is -2.51. The summed E-state index contributed by atoms with van der Waals surface area (Å²) in [5.41, 5.74) is -0.679. The molecule has 0 radical (unpaired) electrons. The molecule has 7 nitrogen and oxygen atoms in total. The summed E-state index contributed by atoms with van der Waals surface area (Å²) in [6.45, 7) is 0. The molecule has 34 heavy (non-hydrogen) atoms. The molecule has 7 heteroatoms. The van der Waals surface area contributed by atoms with Crippen LogP contribution in [0.4, 0.5) is 5.69 Å². The highest BCUT2D eigenvalue weighted by molar-refractivity contribution is 6.37. The number of imide groups is 1. The number of rotatable bonds is 3. The zero-order valence-electron chi connectivity index (χ0n) is 18.1. The van der Waals surface area contributed by atoms with Crippen molar-refractivity contribution in [1.29, 1.82) is 0 Å². The van der Waals surface area contributed by atoms with Gasteiger partial charge in [-0.2, -0.15) is 0 Å². The Kier molecular flexibility index (Phi) is 4.34. The number of ether oxygens (including phenoxy) is 2. The molecule has 6 rings (SSSR count). The number of hydrogen-bond acceptors (Lipinski definition) is 6. The molecule has 3 aromatic rings. The van der Waals surface area contributed by atoms with Gasteiger partial charge in [-0.25, -0.2) is 4.90 Å². The zero-order chi connectivity index (χ0) is 23.6. The molecule has 3 atom stereocenters. The Hall–Kier alpha value is -4.10. The second-order valence-corrected chi connectivity index (χ2v) is 8.60. The quantitative estimate of drug-likeness (QED) is 0.446. The van der Waals surface area contributed by atoms with Crippen molar-refractivity contribution in [3.05, 3.63) is 95.6 Å². The van der Waals surface area contributed by atoms with E-state index in [0.717, 1.165) is 4.90 Å². The Bertz CT molecular complexity index is 1330. The van der Waals surface area contributed by atoms with Crippen LogP contribution in [0.15, 0.2) is 78.9 Å². The number of anilines is 1. The van der Waals surface area contributed by atoms with Gasteiger partial charge in [-0.1, -0.05) is 54.6 Å². The lowest BCUT2D eigenvalue weighted by molar-refractivity contribution is -0.127. The second kappa shape index (κ2) is 7.20. The number of carbonyl (C=O) groups excluding carboxylic acids is 4. The number of fused-ring (bicyclic) bond motifs is 3. The number of para-hydroxylation sites is 1. The van der Waals surface area contributed by atoms with Crippen molar-refractivity contribution in [2.24, 2.45) is 11.8 Å². The fourth-order valence-electron chi connectivity index (χ4n) is 5.44. The molecular weight excluding hydrogens is 434 g/mol. The first-order valence-electron chi connectivity index (χ1n) is 10.9. The molecule has 0 bridgehead atoms. The van der Waals surface area contributed by atoms with E-state index < -0.39 is 46.9 Å². The standard InChI is InChI=1S/C27H19NO6/c1-33-17-13-11-15(12-14-17)22-20-21(26(32)28(25(20)31)16-7-3-2-4-8-16)27(34-22)23(29)18-9-5-6-10-19(18)24(27)30/h2-14,20-22H,1H3/t20-,21-,22+/m1/s1. The van der Waals surface area contributed by atoms with Gasteiger partial charge in [0, 0.05) is 11.1 Å². The average Bonchev–Trinajstić information content (AvgIpc) is 3.44. The number of methoxy groups -OCH3 is 1. The van der Waals surface area contributed by atoms with Crippen LogP contribution in [0.3, 0.4) is 0 Å². The fourth-order valence-corrected chi connectivity index (χ4v) is 5.44. The molecule has 2 fully saturated rings. The number of carbonyl (C=O) groups is 4. The third-order valence-electron chi connectivity index (χ3n) is 6.98. The van der Waals surface area contributed by atoms with E-state index in [0.29, 0.717) is 17.0 Å². The zero-order valence-corrected chi connectivity index (χ0v) is 18.1. The fraction of sp³-hybridized carbons (Fsp3) is 0.185. The van der Waals surface area contributed by atoms with E-state index in [2.05, 4.69) is 0 Å². The van der Waals surface area contributed by atoms with E-state index in [1.54, 1.807) is 78.9 Å². The van der Waals surface area contributed by atoms with Gasteiger partial charge in [0.25, 0.3) is 0 Å². The van der Waals surface area contributed by atoms with E-state index in [1.165, 1.54) is 7.11 Å². The lowest BCUT2D eigenvalue weighted by Gasteiger charge is -2.27. The van der Waals surface area contributed by atoms with Crippen molar-refractivity contribution in [2.75, 3.05) is 12.0 Å². The predicted molar refractivity (Wildman–Crippen MR) is 121 cm³/mol. The molecule has 2 aliphatic heterocycles. The highest BCUT2D eigenvalue weighted by atomic mass is 16.5. The molecule has 0 unspecified atom stereocenters. The number of ketones is 2. The Labute approximate surface area is 194 Å². The van der Waals surface area contributed by atoms with Crippen LogP contribution in [0, 0.1) is 11.8 Å². The Morgan fingerprint density at radius 1 is 0.765 bits per heavy atom. The molecule has 3 aliphatic rings. The smallest absolute Gasteiger partial charge is 0.241 e. The molecule has 168 valence electrons. The minimum absolute atomic E-state index is 0.208. The SMILES string of the molecule is COc1ccc([C@@H]2OC3(C(=O)c4ccccc4C3=O)[C@H]3C(=O)N(c4ccccc4)C(=O)[C@@H]23)cc1. The molecular formula is C27H19NO6. The summed E-state index contributed by atoms with van der Waals surface area (Å²) in [6, 6.07) is 21.8. The van der Waals surface area contributed by atoms with Gasteiger partial charge in [0.15, 0.2) is 0 Å². The third-order valence-corrected chi connectivity index (χ3v) is 6.98. The Morgan fingerprint density at radius 2 is 1.35 bits per heavy atom. The topological polar surface area (TPSA) is 90.0 Å². The predicted octanol–water partition coefficient (Wildman–Crippen LogP) is 3.39. The summed E-state index contributed by atoms with van der Waals surface area (Å²) in [4.78, 5) is 56.0. The van der Waals surface area contributed by atoms with Crippen molar-refractivity contribution in [3.63, 3.8) is 0 Å². The summed E-state index contributed by atoms with van der Waals surface area (Å²) in [7, 11) is 1.54. The minimum Gasteiger partial charge on any atom is -0.497 e. The third kappa shape index (κ3) is 2.50. The molecule has 0 aromatic heterocycles. The van der Waals surface area contributed by atoms with Crippen LogP contribution in [0.25, 0.3) is 0 Å². The maximum absolute atomic E-state index is 13.8. The second-order valence-electron chi connectivity index (χ2n) is 8.60. The number of Topliss-reactive ketones (excluding diaryl/α,β-unsaturated/α-hetero) is 2. The van der Waals surface area contributed by atoms with Crippen molar-refractivity contribution in [2.45, 2.75) is 11.7 Å². The number of hydrogen-bond donors (Lipinski definition) is 0. The molecule has 0 N–H and O–H groups in total. The van der Waals surface area contributed by atoms with Crippen molar-refractivity contribution in [1.82, 2.24) is 0 Å². The molecule has 1 aliphatic carbocycles. The summed E-state index contributed by atoms with van der Waals surface area (Å²) >= 11 is 0. The van der Waals surface area contributed by atoms with Crippen LogP contribution in [-0.2, 0) is 14.3 Å². The van der Waals surface area contributed by atoms with E-state index in [1.807, 2.05) is 0 Å². The van der Waals surface area contributed by atoms with Gasteiger partial charge >= 0.3 is 0 Å². The van der Waals surface area contributed by atoms with E-state index in [9.17, 15) is 19.2 Å². The summed E-state index contributed by atoms with van der Waals surface area (Å²) < 4.78 is 11.5. The van der Waals surface area contributed by atoms with Gasteiger partial charge in [-0.15, -0.1) is 0 Å². The summed E-state index contributed by atoms with van der Waals surface area (Å²) in [5, 5.41) is 0. The molecule has 1 spiro atoms. The normalized spacial score (nSPS) is 24.6. The van der Waals surface area contributed by atoms with Crippen LogP contribution in [0.5, 0.6) is 5.75 Å². The van der Waals surface area contributed by atoms with Crippen molar-refractivity contribution < 1.29 is 28.7 Å². The monoisotopic (exact) mass is 453 g/mol. The maximum atomic E-state index is 13.8. The molecule has 3 aromatic carbocycles. The largest absolute Gasteiger partial charge is 0.497 e. The Morgan fingerprint density at radius 3 is 1.94 bits per heavy atom. The van der Waals surface area contributed by atoms with Gasteiger partial charge in [0.05, 0.1) is 30.7 Å². The summed E-state index contributed by atoms with van der Waals surface area (Å²) in [6.07, 6.45) is -0.955. The first-order chi connectivity index (χ1) is 16.5. The van der Waals surface area contributed by atoms with Crippen LogP contribution in [-0.4, -0.2) is 36.1 Å². The summed E-state index contributed by atoms with van der Waals surface area (Å²) in [5.74, 6) is -3.93.